The predicted octanol–water partition coefficient (Wildman–Crippen LogP) is 4.41. The minimum absolute atomic E-state index is 0.0118. The Morgan fingerprint density at radius 3 is 2.72 bits per heavy atom. The van der Waals surface area contributed by atoms with E-state index in [1.807, 2.05) is 0 Å². The molecule has 1 aliphatic rings. The molecule has 3 heterocycles. The van der Waals surface area contributed by atoms with E-state index in [-0.39, 0.29) is 45.7 Å². The summed E-state index contributed by atoms with van der Waals surface area (Å²) in [7, 11) is 0. The average molecular weight is 544 g/mol. The van der Waals surface area contributed by atoms with Gasteiger partial charge in [0, 0.05) is 37.6 Å². The van der Waals surface area contributed by atoms with Crippen LogP contribution in [-0.2, 0) is 11.0 Å². The van der Waals surface area contributed by atoms with E-state index in [0.717, 1.165) is 29.6 Å². The summed E-state index contributed by atoms with van der Waals surface area (Å²) in [5, 5.41) is 13.0. The quantitative estimate of drug-likeness (QED) is 0.189. The van der Waals surface area contributed by atoms with Gasteiger partial charge in [0.25, 0.3) is 0 Å². The highest BCUT2D eigenvalue weighted by Crippen LogP contribution is 2.33. The Morgan fingerprint density at radius 1 is 1.25 bits per heavy atom. The maximum atomic E-state index is 13.0. The summed E-state index contributed by atoms with van der Waals surface area (Å²) in [6.07, 6.45) is -1.59. The normalized spacial score (nSPS) is 17.1. The van der Waals surface area contributed by atoms with Crippen molar-refractivity contribution in [1.82, 2.24) is 14.3 Å². The summed E-state index contributed by atoms with van der Waals surface area (Å²) in [6, 6.07) is 5.74. The van der Waals surface area contributed by atoms with E-state index in [4.69, 9.17) is 43.6 Å². The van der Waals surface area contributed by atoms with Crippen LogP contribution in [0.4, 0.5) is 13.2 Å². The lowest BCUT2D eigenvalue weighted by Crippen LogP contribution is -2.27. The number of β-amino-alcohol motifs (C(OH)–C–C–N with tert-alkyl or cyclic N) is 1. The minimum atomic E-state index is -4.56. The number of fused-ring (bicyclic) bond motifs is 1. The number of aliphatic hydroxyl groups is 1. The number of nitrogens with two attached hydrogens (primary N) is 1. The molecule has 0 spiro atoms. The molecule has 0 bridgehead atoms. The number of aliphatic hydroxyl groups excluding tert-OH is 1. The second-order valence-electron chi connectivity index (χ2n) is 8.12. The lowest BCUT2D eigenvalue weighted by molar-refractivity contribution is -0.137. The van der Waals surface area contributed by atoms with Gasteiger partial charge in [0.2, 0.25) is 0 Å². The summed E-state index contributed by atoms with van der Waals surface area (Å²) in [6.45, 7) is 5.97. The van der Waals surface area contributed by atoms with Crippen LogP contribution in [0.1, 0.15) is 23.2 Å². The van der Waals surface area contributed by atoms with Gasteiger partial charge in [-0.25, -0.2) is 4.98 Å². The highest BCUT2D eigenvalue weighted by atomic mass is 35.5. The molecule has 3 aromatic rings. The number of benzene rings is 1. The van der Waals surface area contributed by atoms with Crippen molar-refractivity contribution in [3.05, 3.63) is 70.1 Å². The van der Waals surface area contributed by atoms with Gasteiger partial charge >= 0.3 is 6.18 Å². The van der Waals surface area contributed by atoms with Crippen molar-refractivity contribution < 1.29 is 27.9 Å². The zero-order valence-electron chi connectivity index (χ0n) is 18.8. The van der Waals surface area contributed by atoms with Gasteiger partial charge in [-0.3, -0.25) is 4.90 Å². The highest BCUT2D eigenvalue weighted by molar-refractivity contribution is 6.34. The lowest BCUT2D eigenvalue weighted by Gasteiger charge is -2.16. The molecule has 192 valence electrons. The molecule has 13 heteroatoms. The fourth-order valence-corrected chi connectivity index (χ4v) is 4.28. The molecule has 0 amide bonds. The molecule has 1 aromatic carbocycles. The molecule has 3 N–H and O–H groups in total. The first kappa shape index (κ1) is 26.1. The number of hydrogen-bond acceptors (Lipinski definition) is 6. The van der Waals surface area contributed by atoms with Crippen LogP contribution in [0.15, 0.2) is 48.4 Å². The van der Waals surface area contributed by atoms with Gasteiger partial charge in [-0.05, 0) is 30.7 Å². The van der Waals surface area contributed by atoms with E-state index in [0.29, 0.717) is 24.4 Å². The van der Waals surface area contributed by atoms with Crippen LogP contribution in [0.25, 0.3) is 11.4 Å². The smallest absolute Gasteiger partial charge is 0.417 e. The number of ether oxygens (including phenoxy) is 1. The standard InChI is InChI=1S/C23H22Cl2F3N5O3/c1-13(20-12-33-10-14(23(26,27)28)8-19(25)22(33)30-20)36-31-21(29)17-3-2-15(9-18(17)24)35-16-4-5-32(11-16)6-7-34/h2-3,8-10,12,16,34H,1,4-7,11H2,(H2,29,31). The number of likely N-dealkylation sites (tertiary alicyclic amines) is 1. The summed E-state index contributed by atoms with van der Waals surface area (Å²) >= 11 is 12.3. The number of pyridine rings is 1. The van der Waals surface area contributed by atoms with Gasteiger partial charge in [-0.1, -0.05) is 34.9 Å². The molecule has 1 fully saturated rings. The Morgan fingerprint density at radius 2 is 2.03 bits per heavy atom. The largest absolute Gasteiger partial charge is 0.489 e. The van der Waals surface area contributed by atoms with E-state index in [2.05, 4.69) is 21.6 Å². The Kier molecular flexibility index (Phi) is 7.65. The van der Waals surface area contributed by atoms with Gasteiger partial charge in [0.1, 0.15) is 17.5 Å². The third kappa shape index (κ3) is 5.86. The number of hydrogen-bond donors (Lipinski definition) is 2. The molecule has 8 nitrogen and oxygen atoms in total. The monoisotopic (exact) mass is 543 g/mol. The van der Waals surface area contributed by atoms with Crippen LogP contribution in [0, 0.1) is 0 Å². The maximum absolute atomic E-state index is 13.0. The summed E-state index contributed by atoms with van der Waals surface area (Å²) in [5.41, 5.74) is 5.70. The third-order valence-electron chi connectivity index (χ3n) is 5.54. The van der Waals surface area contributed by atoms with Gasteiger partial charge in [-0.2, -0.15) is 13.2 Å². The van der Waals surface area contributed by atoms with Crippen molar-refractivity contribution in [1.29, 1.82) is 0 Å². The molecule has 2 aromatic heterocycles. The molecule has 1 saturated heterocycles. The number of imidazole rings is 1. The second kappa shape index (κ2) is 10.6. The van der Waals surface area contributed by atoms with E-state index < -0.39 is 11.7 Å². The molecule has 1 atom stereocenters. The number of alkyl halides is 3. The number of aromatic nitrogens is 2. The SMILES string of the molecule is C=C(O/N=C(\N)c1ccc(OC2CCN(CCO)C2)cc1Cl)c1cn2cc(C(F)(F)F)cc(Cl)c2n1. The zero-order valence-corrected chi connectivity index (χ0v) is 20.3. The van der Waals surface area contributed by atoms with E-state index >= 15 is 0 Å². The number of nitrogens with zero attached hydrogens (tertiary/aromatic N) is 4. The van der Waals surface area contributed by atoms with Crippen molar-refractivity contribution in [2.24, 2.45) is 10.9 Å². The predicted molar refractivity (Wildman–Crippen MR) is 130 cm³/mol. The molecule has 36 heavy (non-hydrogen) atoms. The highest BCUT2D eigenvalue weighted by Gasteiger charge is 2.32. The van der Waals surface area contributed by atoms with Crippen LogP contribution in [0.5, 0.6) is 5.75 Å². The van der Waals surface area contributed by atoms with Crippen molar-refractivity contribution >= 4 is 40.4 Å². The fraction of sp³-hybridized carbons (Fsp3) is 0.304. The molecule has 0 aliphatic carbocycles. The minimum Gasteiger partial charge on any atom is -0.489 e. The van der Waals surface area contributed by atoms with Gasteiger partial charge in [0.05, 0.1) is 22.2 Å². The van der Waals surface area contributed by atoms with Crippen LogP contribution in [-0.4, -0.2) is 57.6 Å². The number of halogens is 5. The molecular weight excluding hydrogens is 522 g/mol. The number of rotatable bonds is 8. The average Bonchev–Trinajstić information content (AvgIpc) is 3.44. The van der Waals surface area contributed by atoms with Gasteiger partial charge in [0.15, 0.2) is 17.2 Å². The van der Waals surface area contributed by atoms with Gasteiger partial charge in [-0.15, -0.1) is 0 Å². The topological polar surface area (TPSA) is 97.6 Å². The van der Waals surface area contributed by atoms with Crippen LogP contribution >= 0.6 is 23.2 Å². The van der Waals surface area contributed by atoms with Crippen LogP contribution < -0.4 is 10.5 Å². The molecule has 4 rings (SSSR count). The Labute approximate surface area is 214 Å². The zero-order chi connectivity index (χ0) is 26.0. The summed E-state index contributed by atoms with van der Waals surface area (Å²) in [4.78, 5) is 11.5. The number of amidine groups is 1. The molecule has 0 saturated carbocycles. The van der Waals surface area contributed by atoms with Crippen molar-refractivity contribution in [3.63, 3.8) is 0 Å². The van der Waals surface area contributed by atoms with E-state index in [1.165, 1.54) is 6.20 Å². The first-order valence-electron chi connectivity index (χ1n) is 10.8. The molecule has 1 unspecified atom stereocenters. The summed E-state index contributed by atoms with van der Waals surface area (Å²) in [5.74, 6) is 0.456. The summed E-state index contributed by atoms with van der Waals surface area (Å²) < 4.78 is 46.2. The lowest BCUT2D eigenvalue weighted by atomic mass is 10.2. The molecular formula is C23H22Cl2F3N5O3. The second-order valence-corrected chi connectivity index (χ2v) is 8.93. The van der Waals surface area contributed by atoms with Crippen molar-refractivity contribution in [2.75, 3.05) is 26.2 Å². The molecule has 0 radical (unpaired) electrons. The van der Waals surface area contributed by atoms with Crippen LogP contribution in [0.2, 0.25) is 10.0 Å². The Hall–Kier alpha value is -2.99. The fourth-order valence-electron chi connectivity index (χ4n) is 3.75. The first-order chi connectivity index (χ1) is 17.0. The van der Waals surface area contributed by atoms with Crippen LogP contribution in [0.3, 0.4) is 0 Å². The van der Waals surface area contributed by atoms with Gasteiger partial charge < -0.3 is 24.8 Å². The van der Waals surface area contributed by atoms with Crippen molar-refractivity contribution in [3.8, 4) is 5.75 Å². The third-order valence-corrected chi connectivity index (χ3v) is 6.13. The van der Waals surface area contributed by atoms with Crippen molar-refractivity contribution in [2.45, 2.75) is 18.7 Å². The Bertz CT molecular complexity index is 1310. The van der Waals surface area contributed by atoms with E-state index in [9.17, 15) is 13.2 Å². The molecule has 1 aliphatic heterocycles. The Balaban J connectivity index is 1.43. The maximum Gasteiger partial charge on any atom is 0.417 e. The number of oxime groups is 1. The first-order valence-corrected chi connectivity index (χ1v) is 11.6. The van der Waals surface area contributed by atoms with E-state index in [1.54, 1.807) is 18.2 Å².